The van der Waals surface area contributed by atoms with Gasteiger partial charge in [-0.3, -0.25) is 14.3 Å². The number of aryl methyl sites for hydroxylation is 2. The Hall–Kier alpha value is -2.29. The number of aliphatic carboxylic acids is 1. The van der Waals surface area contributed by atoms with Crippen LogP contribution in [-0.4, -0.2) is 44.8 Å². The van der Waals surface area contributed by atoms with Gasteiger partial charge in [-0.25, -0.2) is 0 Å². The van der Waals surface area contributed by atoms with Crippen molar-refractivity contribution >= 4 is 11.9 Å². The second-order valence-electron chi connectivity index (χ2n) is 3.75. The molecular formula is C12H15N3O3. The van der Waals surface area contributed by atoms with Crippen LogP contribution in [0.25, 0.3) is 0 Å². The molecule has 96 valence electrons. The highest BCUT2D eigenvalue weighted by Gasteiger charge is 2.21. The van der Waals surface area contributed by atoms with E-state index in [4.69, 9.17) is 11.5 Å². The van der Waals surface area contributed by atoms with E-state index in [9.17, 15) is 9.59 Å². The van der Waals surface area contributed by atoms with Crippen molar-refractivity contribution in [3.05, 3.63) is 17.5 Å². The molecule has 1 aromatic heterocycles. The van der Waals surface area contributed by atoms with Crippen molar-refractivity contribution in [3.8, 4) is 12.3 Å². The van der Waals surface area contributed by atoms with E-state index < -0.39 is 18.4 Å². The Kier molecular flexibility index (Phi) is 4.49. The van der Waals surface area contributed by atoms with Crippen molar-refractivity contribution in [1.29, 1.82) is 0 Å². The van der Waals surface area contributed by atoms with Gasteiger partial charge in [0.1, 0.15) is 12.2 Å². The number of carboxylic acid groups (broad SMARTS) is 1. The predicted molar refractivity (Wildman–Crippen MR) is 65.0 cm³/mol. The first-order valence-electron chi connectivity index (χ1n) is 5.48. The molecule has 6 heteroatoms. The molecule has 0 aliphatic rings. The summed E-state index contributed by atoms with van der Waals surface area (Å²) in [6, 6.07) is 1.62. The molecule has 0 radical (unpaired) electrons. The van der Waals surface area contributed by atoms with Crippen LogP contribution >= 0.6 is 0 Å². The van der Waals surface area contributed by atoms with Gasteiger partial charge in [0.05, 0.1) is 12.2 Å². The molecule has 0 aliphatic carbocycles. The summed E-state index contributed by atoms with van der Waals surface area (Å²) in [5, 5.41) is 12.9. The molecule has 1 heterocycles. The summed E-state index contributed by atoms with van der Waals surface area (Å²) in [6.45, 7) is 3.69. The number of hydrogen-bond donors (Lipinski definition) is 1. The fraction of sp³-hybridized carbons (Fsp3) is 0.417. The molecule has 0 fully saturated rings. The van der Waals surface area contributed by atoms with E-state index in [2.05, 4.69) is 11.0 Å². The summed E-state index contributed by atoms with van der Waals surface area (Å²) >= 11 is 0. The van der Waals surface area contributed by atoms with Crippen LogP contribution in [0.3, 0.4) is 0 Å². The van der Waals surface area contributed by atoms with Gasteiger partial charge in [-0.1, -0.05) is 5.92 Å². The Morgan fingerprint density at radius 1 is 1.61 bits per heavy atom. The molecule has 0 saturated carbocycles. The summed E-state index contributed by atoms with van der Waals surface area (Å²) in [6.07, 6.45) is 5.14. The Morgan fingerprint density at radius 3 is 2.78 bits per heavy atom. The number of carboxylic acids is 1. The first kappa shape index (κ1) is 13.8. The molecule has 0 bridgehead atoms. The number of hydrogen-bond acceptors (Lipinski definition) is 3. The standard InChI is InChI=1S/C12H15N3O3/c1-4-6-14(8-11(16)17)12(18)10-7-9(3)13-15(10)5-2/h1,7H,5-6,8H2,2-3H3,(H,16,17). The van der Waals surface area contributed by atoms with E-state index in [0.29, 0.717) is 17.9 Å². The third-order valence-corrected chi connectivity index (χ3v) is 2.32. The third kappa shape index (κ3) is 3.10. The summed E-state index contributed by atoms with van der Waals surface area (Å²) in [4.78, 5) is 24.0. The van der Waals surface area contributed by atoms with Crippen molar-refractivity contribution in [2.75, 3.05) is 13.1 Å². The van der Waals surface area contributed by atoms with Crippen LogP contribution in [0.4, 0.5) is 0 Å². The molecular weight excluding hydrogens is 234 g/mol. The molecule has 0 spiro atoms. The van der Waals surface area contributed by atoms with Crippen molar-refractivity contribution in [2.24, 2.45) is 0 Å². The molecule has 1 amide bonds. The molecule has 0 aromatic carbocycles. The average Bonchev–Trinajstić information content (AvgIpc) is 2.68. The minimum Gasteiger partial charge on any atom is -0.480 e. The second kappa shape index (κ2) is 5.87. The van der Waals surface area contributed by atoms with Crippen LogP contribution < -0.4 is 0 Å². The normalized spacial score (nSPS) is 9.83. The number of carbonyl (C=O) groups is 2. The maximum atomic E-state index is 12.2. The minimum absolute atomic E-state index is 0.0426. The molecule has 1 aromatic rings. The number of nitrogens with zero attached hydrogens (tertiary/aromatic N) is 3. The Labute approximate surface area is 105 Å². The Balaban J connectivity index is 3.01. The molecule has 0 atom stereocenters. The van der Waals surface area contributed by atoms with Crippen molar-refractivity contribution in [1.82, 2.24) is 14.7 Å². The van der Waals surface area contributed by atoms with E-state index in [1.807, 2.05) is 6.92 Å². The molecule has 0 aliphatic heterocycles. The zero-order valence-corrected chi connectivity index (χ0v) is 10.4. The summed E-state index contributed by atoms with van der Waals surface area (Å²) in [5.74, 6) is 0.762. The largest absolute Gasteiger partial charge is 0.480 e. The quantitative estimate of drug-likeness (QED) is 0.765. The van der Waals surface area contributed by atoms with Crippen LogP contribution in [-0.2, 0) is 11.3 Å². The monoisotopic (exact) mass is 249 g/mol. The van der Waals surface area contributed by atoms with Gasteiger partial charge in [-0.05, 0) is 19.9 Å². The fourth-order valence-electron chi connectivity index (χ4n) is 1.59. The maximum Gasteiger partial charge on any atom is 0.323 e. The maximum absolute atomic E-state index is 12.2. The number of terminal acetylenes is 1. The lowest BCUT2D eigenvalue weighted by atomic mass is 10.3. The van der Waals surface area contributed by atoms with Crippen LogP contribution in [0.2, 0.25) is 0 Å². The first-order chi connectivity index (χ1) is 8.49. The number of carbonyl (C=O) groups excluding carboxylic acids is 1. The van der Waals surface area contributed by atoms with E-state index >= 15 is 0 Å². The van der Waals surface area contributed by atoms with Gasteiger partial charge in [0.25, 0.3) is 5.91 Å². The minimum atomic E-state index is -1.10. The molecule has 0 saturated heterocycles. The number of aromatic nitrogens is 2. The van der Waals surface area contributed by atoms with E-state index in [-0.39, 0.29) is 6.54 Å². The smallest absolute Gasteiger partial charge is 0.323 e. The fourth-order valence-corrected chi connectivity index (χ4v) is 1.59. The summed E-state index contributed by atoms with van der Waals surface area (Å²) < 4.78 is 1.53. The molecule has 0 unspecified atom stereocenters. The lowest BCUT2D eigenvalue weighted by Gasteiger charge is -2.18. The Bertz CT molecular complexity index is 499. The lowest BCUT2D eigenvalue weighted by Crippen LogP contribution is -2.37. The number of rotatable bonds is 5. The van der Waals surface area contributed by atoms with Gasteiger partial charge in [-0.2, -0.15) is 5.10 Å². The summed E-state index contributed by atoms with van der Waals surface area (Å²) in [7, 11) is 0. The SMILES string of the molecule is C#CCN(CC(=O)O)C(=O)c1cc(C)nn1CC. The van der Waals surface area contributed by atoms with E-state index in [1.54, 1.807) is 13.0 Å². The topological polar surface area (TPSA) is 75.4 Å². The molecule has 1 N–H and O–H groups in total. The molecule has 1 rings (SSSR count). The molecule has 18 heavy (non-hydrogen) atoms. The summed E-state index contributed by atoms with van der Waals surface area (Å²) in [5.41, 5.74) is 1.06. The van der Waals surface area contributed by atoms with Gasteiger partial charge in [0.15, 0.2) is 0 Å². The van der Waals surface area contributed by atoms with Crippen LogP contribution in [0.15, 0.2) is 6.07 Å². The van der Waals surface area contributed by atoms with Gasteiger partial charge >= 0.3 is 5.97 Å². The first-order valence-corrected chi connectivity index (χ1v) is 5.48. The highest BCUT2D eigenvalue weighted by Crippen LogP contribution is 2.08. The Morgan fingerprint density at radius 2 is 2.28 bits per heavy atom. The van der Waals surface area contributed by atoms with Crippen molar-refractivity contribution < 1.29 is 14.7 Å². The zero-order chi connectivity index (χ0) is 13.7. The average molecular weight is 249 g/mol. The van der Waals surface area contributed by atoms with E-state index in [0.717, 1.165) is 4.90 Å². The zero-order valence-electron chi connectivity index (χ0n) is 10.4. The van der Waals surface area contributed by atoms with Crippen molar-refractivity contribution in [3.63, 3.8) is 0 Å². The van der Waals surface area contributed by atoms with Crippen LogP contribution in [0.5, 0.6) is 0 Å². The molecule has 6 nitrogen and oxygen atoms in total. The second-order valence-corrected chi connectivity index (χ2v) is 3.75. The third-order valence-electron chi connectivity index (χ3n) is 2.32. The van der Waals surface area contributed by atoms with Crippen LogP contribution in [0, 0.1) is 19.3 Å². The van der Waals surface area contributed by atoms with Crippen molar-refractivity contribution in [2.45, 2.75) is 20.4 Å². The van der Waals surface area contributed by atoms with Crippen LogP contribution in [0.1, 0.15) is 23.1 Å². The predicted octanol–water partition coefficient (Wildman–Crippen LogP) is 0.371. The van der Waals surface area contributed by atoms with Gasteiger partial charge in [0.2, 0.25) is 0 Å². The highest BCUT2D eigenvalue weighted by molar-refractivity contribution is 5.94. The van der Waals surface area contributed by atoms with Gasteiger partial charge in [-0.15, -0.1) is 6.42 Å². The highest BCUT2D eigenvalue weighted by atomic mass is 16.4. The lowest BCUT2D eigenvalue weighted by molar-refractivity contribution is -0.137. The number of amides is 1. The van der Waals surface area contributed by atoms with Gasteiger partial charge < -0.3 is 10.0 Å². The van der Waals surface area contributed by atoms with Gasteiger partial charge in [0, 0.05) is 6.54 Å². The van der Waals surface area contributed by atoms with E-state index in [1.165, 1.54) is 4.68 Å².